The van der Waals surface area contributed by atoms with Gasteiger partial charge in [-0.2, -0.15) is 0 Å². The van der Waals surface area contributed by atoms with Crippen molar-refractivity contribution >= 4 is 35.8 Å². The number of carbonyl (C=O) groups is 2. The van der Waals surface area contributed by atoms with Gasteiger partial charge in [-0.3, -0.25) is 0 Å². The van der Waals surface area contributed by atoms with Gasteiger partial charge in [0, 0.05) is 11.9 Å². The van der Waals surface area contributed by atoms with Crippen LogP contribution in [0.3, 0.4) is 0 Å². The molecule has 0 saturated carbocycles. The van der Waals surface area contributed by atoms with Gasteiger partial charge in [0.05, 0.1) is 0 Å². The Hall–Kier alpha value is -0.261. The summed E-state index contributed by atoms with van der Waals surface area (Å²) < 4.78 is 0. The van der Waals surface area contributed by atoms with E-state index < -0.39 is 11.9 Å². The Labute approximate surface area is 250 Å². The van der Waals surface area contributed by atoms with E-state index in [1.54, 1.807) is 0 Å². The maximum atomic E-state index is 10.1. The third-order valence-electron chi connectivity index (χ3n) is 5.32. The molecule has 37 heavy (non-hydrogen) atoms. The van der Waals surface area contributed by atoms with Crippen LogP contribution in [0.25, 0.3) is 0 Å². The molecular weight excluding hydrogens is 567 g/mol. The second-order valence-electron chi connectivity index (χ2n) is 12.1. The number of carboxylic acids is 2. The molecule has 0 aromatic carbocycles. The summed E-state index contributed by atoms with van der Waals surface area (Å²) in [5, 5.41) is 20.2. The molecule has 0 amide bonds. The van der Waals surface area contributed by atoms with Crippen LogP contribution in [0, 0.1) is 24.7 Å². The van der Waals surface area contributed by atoms with Crippen LogP contribution in [-0.2, 0) is 9.59 Å². The molecule has 0 saturated heterocycles. The standard InChI is InChI=1S/2C12H24O2.2C4H9.Sn/c2*1-12(2,3)10-8-6-4-5-7-9-11(13)14;2*1-3-4-2;/h2*4-10H2,1-3H3,(H,13,14);2*1,3-4H2,2H3;/q;;;;+2/p-2. The zero-order chi connectivity index (χ0) is 28.9. The minimum absolute atomic E-state index is 0. The van der Waals surface area contributed by atoms with E-state index in [4.69, 9.17) is 0 Å². The third kappa shape index (κ3) is 72.2. The largest absolute Gasteiger partial charge is 2.00 e. The fourth-order valence-electron chi connectivity index (χ4n) is 2.91. The summed E-state index contributed by atoms with van der Waals surface area (Å²) in [7, 11) is 0. The van der Waals surface area contributed by atoms with Crippen molar-refractivity contribution in [1.29, 1.82) is 0 Å². The molecule has 0 aliphatic rings. The number of hydrogen-bond acceptors (Lipinski definition) is 4. The van der Waals surface area contributed by atoms with Gasteiger partial charge in [0.15, 0.2) is 0 Å². The second kappa shape index (κ2) is 33.8. The Morgan fingerprint density at radius 2 is 0.757 bits per heavy atom. The van der Waals surface area contributed by atoms with Gasteiger partial charge in [-0.05, 0) is 49.4 Å². The Bertz CT molecular complexity index is 405. The van der Waals surface area contributed by atoms with E-state index in [2.05, 4.69) is 69.2 Å². The molecule has 0 aliphatic heterocycles. The SMILES string of the molecule is CC(C)(C)CCCCCCCC(=O)[O-].CC(C)(C)CCCCCCCC(=O)[O-].[CH2]CCC.[CH2]CCC.[Sn+2]. The average Bonchev–Trinajstić information content (AvgIpc) is 2.76. The average molecular weight is 632 g/mol. The monoisotopic (exact) mass is 632 g/mol. The minimum Gasteiger partial charge on any atom is -0.550 e. The summed E-state index contributed by atoms with van der Waals surface area (Å²) in [5.41, 5.74) is 0.871. The van der Waals surface area contributed by atoms with E-state index in [0.717, 1.165) is 51.4 Å². The summed E-state index contributed by atoms with van der Waals surface area (Å²) in [6, 6.07) is 0. The van der Waals surface area contributed by atoms with Crippen molar-refractivity contribution in [3.63, 3.8) is 0 Å². The van der Waals surface area contributed by atoms with Crippen LogP contribution in [-0.4, -0.2) is 35.8 Å². The minimum atomic E-state index is -0.917. The molecule has 4 nitrogen and oxygen atoms in total. The van der Waals surface area contributed by atoms with Gasteiger partial charge >= 0.3 is 23.9 Å². The van der Waals surface area contributed by atoms with Crippen LogP contribution in [0.1, 0.15) is 171 Å². The van der Waals surface area contributed by atoms with Crippen molar-refractivity contribution in [2.24, 2.45) is 10.8 Å². The van der Waals surface area contributed by atoms with E-state index in [-0.39, 0.29) is 36.7 Å². The molecule has 5 heteroatoms. The van der Waals surface area contributed by atoms with E-state index >= 15 is 0 Å². The van der Waals surface area contributed by atoms with Gasteiger partial charge in [0.25, 0.3) is 0 Å². The predicted molar refractivity (Wildman–Crippen MR) is 160 cm³/mol. The maximum absolute atomic E-state index is 10.1. The third-order valence-corrected chi connectivity index (χ3v) is 5.32. The summed E-state index contributed by atoms with van der Waals surface area (Å²) >= 11 is 0. The van der Waals surface area contributed by atoms with Crippen LogP contribution >= 0.6 is 0 Å². The number of hydrogen-bond donors (Lipinski definition) is 0. The fourth-order valence-corrected chi connectivity index (χ4v) is 2.91. The molecule has 0 heterocycles. The molecule has 0 bridgehead atoms. The summed E-state index contributed by atoms with van der Waals surface area (Å²) in [5.74, 6) is -1.83. The van der Waals surface area contributed by atoms with Crippen molar-refractivity contribution in [3.8, 4) is 0 Å². The summed E-state index contributed by atoms with van der Waals surface area (Å²) in [6.07, 6.45) is 18.4. The van der Waals surface area contributed by atoms with E-state index in [1.165, 1.54) is 51.4 Å². The molecule has 0 fully saturated rings. The van der Waals surface area contributed by atoms with Gasteiger partial charge < -0.3 is 19.8 Å². The molecule has 0 aromatic heterocycles. The van der Waals surface area contributed by atoms with Crippen molar-refractivity contribution in [2.45, 2.75) is 171 Å². The smallest absolute Gasteiger partial charge is 0.550 e. The molecule has 0 atom stereocenters. The molecule has 220 valence electrons. The van der Waals surface area contributed by atoms with Gasteiger partial charge in [0.1, 0.15) is 0 Å². The van der Waals surface area contributed by atoms with Crippen LogP contribution in [0.15, 0.2) is 0 Å². The van der Waals surface area contributed by atoms with Crippen LogP contribution in [0.4, 0.5) is 0 Å². The Morgan fingerprint density at radius 3 is 0.946 bits per heavy atom. The number of carbonyl (C=O) groups excluding carboxylic acids is 2. The van der Waals surface area contributed by atoms with Crippen molar-refractivity contribution in [3.05, 3.63) is 13.8 Å². The zero-order valence-electron chi connectivity index (χ0n) is 26.3. The molecule has 0 aliphatic carbocycles. The number of carboxylic acid groups (broad SMARTS) is 2. The first kappa shape index (κ1) is 46.6. The van der Waals surface area contributed by atoms with E-state index in [1.807, 2.05) is 0 Å². The van der Waals surface area contributed by atoms with E-state index in [9.17, 15) is 19.8 Å². The zero-order valence-corrected chi connectivity index (χ0v) is 29.1. The second-order valence-corrected chi connectivity index (χ2v) is 12.1. The number of unbranched alkanes of at least 4 members (excludes halogenated alkanes) is 10. The van der Waals surface area contributed by atoms with Crippen molar-refractivity contribution < 1.29 is 19.8 Å². The Morgan fingerprint density at radius 1 is 0.541 bits per heavy atom. The first-order valence-corrected chi connectivity index (χ1v) is 14.6. The van der Waals surface area contributed by atoms with Crippen molar-refractivity contribution in [1.82, 2.24) is 0 Å². The molecule has 0 aromatic rings. The van der Waals surface area contributed by atoms with Gasteiger partial charge in [-0.25, -0.2) is 0 Å². The molecule has 0 spiro atoms. The summed E-state index contributed by atoms with van der Waals surface area (Å²) in [6.45, 7) is 25.0. The Balaban J connectivity index is -0.000000140. The maximum Gasteiger partial charge on any atom is 2.00 e. The molecule has 0 rings (SSSR count). The fraction of sp³-hybridized carbons (Fsp3) is 0.875. The predicted octanol–water partition coefficient (Wildman–Crippen LogP) is 7.89. The molecule has 4 radical (unpaired) electrons. The van der Waals surface area contributed by atoms with Gasteiger partial charge in [0.2, 0.25) is 0 Å². The van der Waals surface area contributed by atoms with Gasteiger partial charge in [-0.1, -0.05) is 146 Å². The normalized spacial score (nSPS) is 10.4. The van der Waals surface area contributed by atoms with Crippen LogP contribution < -0.4 is 10.2 Å². The summed E-state index contributed by atoms with van der Waals surface area (Å²) in [4.78, 5) is 20.2. The topological polar surface area (TPSA) is 80.3 Å². The Kier molecular flexibility index (Phi) is 42.5. The van der Waals surface area contributed by atoms with Crippen LogP contribution in [0.2, 0.25) is 0 Å². The number of rotatable bonds is 16. The molecule has 0 N–H and O–H groups in total. The first-order chi connectivity index (χ1) is 16.7. The quantitative estimate of drug-likeness (QED) is 0.128. The van der Waals surface area contributed by atoms with Crippen molar-refractivity contribution in [2.75, 3.05) is 0 Å². The first-order valence-electron chi connectivity index (χ1n) is 14.6. The molecular formula is C32H64O4Sn. The van der Waals surface area contributed by atoms with Crippen LogP contribution in [0.5, 0.6) is 0 Å². The molecule has 0 unspecified atom stereocenters. The number of aliphatic carboxylic acids is 2. The van der Waals surface area contributed by atoms with E-state index in [0.29, 0.717) is 10.8 Å². The van der Waals surface area contributed by atoms with Gasteiger partial charge in [-0.15, -0.1) is 0 Å².